The molecule has 0 radical (unpaired) electrons. The molecule has 0 unspecified atom stereocenters. The second-order valence-corrected chi connectivity index (χ2v) is 7.14. The van der Waals surface area contributed by atoms with Gasteiger partial charge in [-0.15, -0.1) is 0 Å². The number of carbonyl (C=O) groups is 2. The summed E-state index contributed by atoms with van der Waals surface area (Å²) < 4.78 is 9.77. The summed E-state index contributed by atoms with van der Waals surface area (Å²) in [5.74, 6) is -1.14. The van der Waals surface area contributed by atoms with Gasteiger partial charge in [0.05, 0.1) is 23.9 Å². The highest BCUT2D eigenvalue weighted by atomic mass is 35.5. The fraction of sp³-hybridized carbons (Fsp3) is 0.174. The molecule has 0 aliphatic heterocycles. The summed E-state index contributed by atoms with van der Waals surface area (Å²) in [6.45, 7) is -0.422. The molecule has 0 bridgehead atoms. The molecule has 0 saturated carbocycles. The summed E-state index contributed by atoms with van der Waals surface area (Å²) in [6, 6.07) is 15.0. The quantitative estimate of drug-likeness (QED) is 0.586. The number of aromatic nitrogens is 1. The van der Waals surface area contributed by atoms with E-state index in [1.807, 2.05) is 48.5 Å². The first kappa shape index (κ1) is 19.2. The van der Waals surface area contributed by atoms with Crippen molar-refractivity contribution in [3.05, 3.63) is 75.9 Å². The first-order valence-electron chi connectivity index (χ1n) is 9.19. The van der Waals surface area contributed by atoms with Gasteiger partial charge in [-0.1, -0.05) is 41.9 Å². The number of pyridine rings is 1. The van der Waals surface area contributed by atoms with Crippen LogP contribution in [0.25, 0.3) is 22.6 Å². The molecule has 146 valence electrons. The van der Waals surface area contributed by atoms with E-state index in [-0.39, 0.29) is 0 Å². The summed E-state index contributed by atoms with van der Waals surface area (Å²) in [5.41, 5.74) is 4.88. The Kier molecular flexibility index (Phi) is 5.32. The zero-order chi connectivity index (χ0) is 20.4. The highest BCUT2D eigenvalue weighted by molar-refractivity contribution is 6.30. The number of nitrogens with zero attached hydrogens (tertiary/aromatic N) is 1. The zero-order valence-electron chi connectivity index (χ0n) is 15.8. The van der Waals surface area contributed by atoms with Gasteiger partial charge in [0, 0.05) is 10.4 Å². The maximum Gasteiger partial charge on any atom is 0.344 e. The van der Waals surface area contributed by atoms with Crippen molar-refractivity contribution in [2.24, 2.45) is 0 Å². The minimum absolute atomic E-state index is 0.422. The van der Waals surface area contributed by atoms with Gasteiger partial charge in [0.2, 0.25) is 0 Å². The molecule has 1 aliphatic rings. The lowest BCUT2D eigenvalue weighted by Crippen LogP contribution is -2.17. The second kappa shape index (κ2) is 8.05. The lowest BCUT2D eigenvalue weighted by molar-refractivity contribution is -0.144. The number of rotatable bonds is 4. The standard InChI is InChI=1S/C23H18ClNO4/c1-28-20(26)13-29-23(27)21-17-4-2-3-5-19(17)25-22-15(8-11-18(21)22)12-14-6-9-16(24)10-7-14/h2-7,9-10,12H,8,11,13H2,1H3/b15-12+. The smallest absolute Gasteiger partial charge is 0.344 e. The van der Waals surface area contributed by atoms with Crippen molar-refractivity contribution >= 4 is 46.1 Å². The van der Waals surface area contributed by atoms with Crippen LogP contribution >= 0.6 is 11.6 Å². The average molecular weight is 408 g/mol. The highest BCUT2D eigenvalue weighted by Gasteiger charge is 2.27. The molecule has 0 amide bonds. The van der Waals surface area contributed by atoms with Crippen molar-refractivity contribution < 1.29 is 19.1 Å². The van der Waals surface area contributed by atoms with Gasteiger partial charge >= 0.3 is 11.9 Å². The Bertz CT molecular complexity index is 1140. The summed E-state index contributed by atoms with van der Waals surface area (Å²) in [4.78, 5) is 29.1. The minimum atomic E-state index is -0.600. The van der Waals surface area contributed by atoms with Gasteiger partial charge in [-0.25, -0.2) is 14.6 Å². The molecule has 6 heteroatoms. The number of fused-ring (bicyclic) bond motifs is 2. The Labute approximate surface area is 172 Å². The highest BCUT2D eigenvalue weighted by Crippen LogP contribution is 2.37. The van der Waals surface area contributed by atoms with Crippen LogP contribution in [-0.2, 0) is 20.7 Å². The first-order valence-corrected chi connectivity index (χ1v) is 9.56. The van der Waals surface area contributed by atoms with E-state index in [1.54, 1.807) is 0 Å². The summed E-state index contributed by atoms with van der Waals surface area (Å²) in [6.07, 6.45) is 3.50. The van der Waals surface area contributed by atoms with Crippen LogP contribution in [0.15, 0.2) is 48.5 Å². The number of esters is 2. The van der Waals surface area contributed by atoms with E-state index in [0.29, 0.717) is 27.9 Å². The first-order chi connectivity index (χ1) is 14.1. The van der Waals surface area contributed by atoms with Crippen molar-refractivity contribution in [3.8, 4) is 0 Å². The molecule has 0 N–H and O–H groups in total. The van der Waals surface area contributed by atoms with Crippen molar-refractivity contribution in [2.45, 2.75) is 12.8 Å². The number of allylic oxidation sites excluding steroid dienone is 1. The van der Waals surface area contributed by atoms with Gasteiger partial charge < -0.3 is 9.47 Å². The zero-order valence-corrected chi connectivity index (χ0v) is 16.5. The Morgan fingerprint density at radius 3 is 2.62 bits per heavy atom. The van der Waals surface area contributed by atoms with Crippen LogP contribution in [0.5, 0.6) is 0 Å². The van der Waals surface area contributed by atoms with E-state index in [2.05, 4.69) is 10.8 Å². The normalized spacial score (nSPS) is 14.1. The number of para-hydroxylation sites is 1. The SMILES string of the molecule is COC(=O)COC(=O)c1c2c(nc3ccccc13)/C(=C/c1ccc(Cl)cc1)CC2. The van der Waals surface area contributed by atoms with E-state index in [9.17, 15) is 9.59 Å². The van der Waals surface area contributed by atoms with Gasteiger partial charge in [0.15, 0.2) is 6.61 Å². The van der Waals surface area contributed by atoms with Crippen molar-refractivity contribution in [3.63, 3.8) is 0 Å². The van der Waals surface area contributed by atoms with E-state index in [0.717, 1.165) is 28.8 Å². The molecule has 4 rings (SSSR count). The lowest BCUT2D eigenvalue weighted by Gasteiger charge is -2.12. The molecule has 29 heavy (non-hydrogen) atoms. The molecule has 0 spiro atoms. The summed E-state index contributed by atoms with van der Waals surface area (Å²) in [7, 11) is 1.25. The number of hydrogen-bond donors (Lipinski definition) is 0. The number of hydrogen-bond acceptors (Lipinski definition) is 5. The van der Waals surface area contributed by atoms with Crippen molar-refractivity contribution in [2.75, 3.05) is 13.7 Å². The minimum Gasteiger partial charge on any atom is -0.466 e. The van der Waals surface area contributed by atoms with Gasteiger partial charge in [-0.05, 0) is 53.8 Å². The number of benzene rings is 2. The molecule has 0 atom stereocenters. The number of halogens is 1. The molecule has 2 aromatic carbocycles. The number of carbonyl (C=O) groups excluding carboxylic acids is 2. The van der Waals surface area contributed by atoms with E-state index in [1.165, 1.54) is 7.11 Å². The monoisotopic (exact) mass is 407 g/mol. The molecule has 3 aromatic rings. The predicted molar refractivity (Wildman–Crippen MR) is 112 cm³/mol. The van der Waals surface area contributed by atoms with Crippen LogP contribution in [-0.4, -0.2) is 30.6 Å². The van der Waals surface area contributed by atoms with Crippen LogP contribution in [0.3, 0.4) is 0 Å². The van der Waals surface area contributed by atoms with Crippen LogP contribution in [0.1, 0.15) is 33.6 Å². The maximum atomic E-state index is 12.8. The molecule has 1 heterocycles. The van der Waals surface area contributed by atoms with E-state index >= 15 is 0 Å². The molecule has 0 saturated heterocycles. The maximum absolute atomic E-state index is 12.8. The third-order valence-electron chi connectivity index (χ3n) is 4.91. The summed E-state index contributed by atoms with van der Waals surface area (Å²) in [5, 5.41) is 1.40. The van der Waals surface area contributed by atoms with Crippen molar-refractivity contribution in [1.82, 2.24) is 4.98 Å². The average Bonchev–Trinajstić information content (AvgIpc) is 3.13. The Hall–Kier alpha value is -3.18. The Morgan fingerprint density at radius 1 is 1.10 bits per heavy atom. The second-order valence-electron chi connectivity index (χ2n) is 6.70. The Morgan fingerprint density at radius 2 is 1.86 bits per heavy atom. The fourth-order valence-electron chi connectivity index (χ4n) is 3.53. The Balaban J connectivity index is 1.80. The summed E-state index contributed by atoms with van der Waals surface area (Å²) >= 11 is 5.98. The van der Waals surface area contributed by atoms with Gasteiger partial charge in [0.25, 0.3) is 0 Å². The number of methoxy groups -OCH3 is 1. The van der Waals surface area contributed by atoms with Crippen LogP contribution in [0.4, 0.5) is 0 Å². The van der Waals surface area contributed by atoms with Crippen LogP contribution in [0, 0.1) is 0 Å². The lowest BCUT2D eigenvalue weighted by atomic mass is 10.0. The van der Waals surface area contributed by atoms with Crippen LogP contribution in [0.2, 0.25) is 5.02 Å². The molecular formula is C23H18ClNO4. The number of ether oxygens (including phenoxy) is 2. The fourth-order valence-corrected chi connectivity index (χ4v) is 3.65. The molecule has 1 aliphatic carbocycles. The van der Waals surface area contributed by atoms with E-state index < -0.39 is 18.5 Å². The van der Waals surface area contributed by atoms with E-state index in [4.69, 9.17) is 21.3 Å². The van der Waals surface area contributed by atoms with Gasteiger partial charge in [0.1, 0.15) is 0 Å². The third-order valence-corrected chi connectivity index (χ3v) is 5.16. The predicted octanol–water partition coefficient (Wildman–Crippen LogP) is 4.70. The van der Waals surface area contributed by atoms with Gasteiger partial charge in [-0.3, -0.25) is 0 Å². The third kappa shape index (κ3) is 3.87. The van der Waals surface area contributed by atoms with Crippen molar-refractivity contribution in [1.29, 1.82) is 0 Å². The van der Waals surface area contributed by atoms with Crippen LogP contribution < -0.4 is 0 Å². The molecule has 0 fully saturated rings. The topological polar surface area (TPSA) is 65.5 Å². The molecule has 5 nitrogen and oxygen atoms in total. The molecular weight excluding hydrogens is 390 g/mol. The van der Waals surface area contributed by atoms with Gasteiger partial charge in [-0.2, -0.15) is 0 Å². The largest absolute Gasteiger partial charge is 0.466 e. The molecule has 1 aromatic heterocycles.